The van der Waals surface area contributed by atoms with Crippen molar-refractivity contribution in [2.24, 2.45) is 0 Å². The number of allylic oxidation sites excluding steroid dienone is 5. The molecule has 0 saturated heterocycles. The van der Waals surface area contributed by atoms with Gasteiger partial charge in [0, 0.05) is 16.5 Å². The van der Waals surface area contributed by atoms with Crippen LogP contribution in [0, 0.1) is 0 Å². The second-order valence-corrected chi connectivity index (χ2v) is 7.34. The Morgan fingerprint density at radius 2 is 1.64 bits per heavy atom. The van der Waals surface area contributed by atoms with E-state index in [1.807, 2.05) is 0 Å². The molecular formula is C14H10F5NOS. The number of nitrogens with one attached hydrogen (secondary N) is 1. The molecule has 1 heterocycles. The molecule has 0 unspecified atom stereocenters. The molecule has 1 aromatic carbocycles. The van der Waals surface area contributed by atoms with E-state index in [1.54, 1.807) is 24.3 Å². The predicted octanol–water partition coefficient (Wildman–Crippen LogP) is 6.04. The Labute approximate surface area is 122 Å². The zero-order valence-electron chi connectivity index (χ0n) is 10.9. The largest absolute Gasteiger partial charge is 0.494 e. The summed E-state index contributed by atoms with van der Waals surface area (Å²) in [5.74, 6) is -0.379. The molecular weight excluding hydrogens is 325 g/mol. The minimum absolute atomic E-state index is 0.0323. The molecule has 118 valence electrons. The quantitative estimate of drug-likeness (QED) is 0.645. The number of rotatable bonds is 2. The molecule has 2 N–H and O–H groups in total. The third-order valence-corrected chi connectivity index (χ3v) is 4.38. The average Bonchev–Trinajstić information content (AvgIpc) is 2.95. The Kier molecular flexibility index (Phi) is 2.51. The van der Waals surface area contributed by atoms with E-state index in [9.17, 15) is 24.5 Å². The lowest BCUT2D eigenvalue weighted by Crippen LogP contribution is -2.05. The SMILES string of the molecule is Oc1[nH]c2ccc(S(F)(F)(F)(F)F)cc2c1C=C1C=CC=C1. The zero-order valence-corrected chi connectivity index (χ0v) is 11.7. The maximum Gasteiger partial charge on any atom is 0.310 e. The maximum atomic E-state index is 12.9. The third kappa shape index (κ3) is 2.61. The molecule has 0 saturated carbocycles. The van der Waals surface area contributed by atoms with E-state index in [4.69, 9.17) is 0 Å². The van der Waals surface area contributed by atoms with E-state index >= 15 is 0 Å². The molecule has 1 aliphatic carbocycles. The molecule has 22 heavy (non-hydrogen) atoms. The van der Waals surface area contributed by atoms with Gasteiger partial charge >= 0.3 is 10.2 Å². The van der Waals surface area contributed by atoms with Gasteiger partial charge in [-0.15, -0.1) is 0 Å². The smallest absolute Gasteiger partial charge is 0.310 e. The molecule has 2 aromatic rings. The number of fused-ring (bicyclic) bond motifs is 1. The predicted molar refractivity (Wildman–Crippen MR) is 77.6 cm³/mol. The first-order valence-corrected chi connectivity index (χ1v) is 8.04. The number of aromatic amines is 1. The molecule has 0 bridgehead atoms. The van der Waals surface area contributed by atoms with Gasteiger partial charge in [-0.3, -0.25) is 0 Å². The number of aromatic hydroxyl groups is 1. The summed E-state index contributed by atoms with van der Waals surface area (Å²) >= 11 is 0. The molecule has 1 aliphatic rings. The first-order chi connectivity index (χ1) is 9.94. The molecule has 1 aromatic heterocycles. The first kappa shape index (κ1) is 14.7. The van der Waals surface area contributed by atoms with Crippen molar-refractivity contribution in [3.8, 4) is 5.88 Å². The van der Waals surface area contributed by atoms with Crippen LogP contribution in [-0.4, -0.2) is 10.1 Å². The van der Waals surface area contributed by atoms with Crippen molar-refractivity contribution in [3.05, 3.63) is 53.6 Å². The maximum absolute atomic E-state index is 12.9. The van der Waals surface area contributed by atoms with Crippen LogP contribution in [0.15, 0.2) is 53.0 Å². The summed E-state index contributed by atoms with van der Waals surface area (Å²) in [5.41, 5.74) is 0.805. The van der Waals surface area contributed by atoms with Gasteiger partial charge in [0.25, 0.3) is 0 Å². The van der Waals surface area contributed by atoms with Crippen LogP contribution in [0.1, 0.15) is 5.56 Å². The molecule has 3 rings (SSSR count). The van der Waals surface area contributed by atoms with Gasteiger partial charge in [-0.1, -0.05) is 43.7 Å². The van der Waals surface area contributed by atoms with Crippen LogP contribution in [-0.2, 0) is 0 Å². The molecule has 0 radical (unpaired) electrons. The van der Waals surface area contributed by atoms with Crippen molar-refractivity contribution in [2.75, 3.05) is 0 Å². The van der Waals surface area contributed by atoms with E-state index in [1.165, 1.54) is 6.08 Å². The highest BCUT2D eigenvalue weighted by Crippen LogP contribution is 3.02. The van der Waals surface area contributed by atoms with Gasteiger partial charge in [-0.2, -0.15) is 0 Å². The standard InChI is InChI=1S/C14H10F5NOS/c15-22(16,17,18,19)10-5-6-13-11(8-10)12(14(21)20-13)7-9-3-1-2-4-9/h1-8,20-21H. The van der Waals surface area contributed by atoms with Crippen molar-refractivity contribution in [1.29, 1.82) is 0 Å². The van der Waals surface area contributed by atoms with E-state index < -0.39 is 15.1 Å². The number of halogens is 5. The fourth-order valence-corrected chi connectivity index (χ4v) is 2.88. The summed E-state index contributed by atoms with van der Waals surface area (Å²) < 4.78 is 64.5. The van der Waals surface area contributed by atoms with E-state index in [0.717, 1.165) is 6.07 Å². The number of H-pyrrole nitrogens is 1. The normalized spacial score (nSPS) is 17.8. The van der Waals surface area contributed by atoms with Crippen LogP contribution in [0.25, 0.3) is 17.0 Å². The van der Waals surface area contributed by atoms with Crippen molar-refractivity contribution in [2.45, 2.75) is 4.90 Å². The Bertz CT molecular complexity index is 861. The second-order valence-electron chi connectivity index (χ2n) is 4.93. The minimum atomic E-state index is -9.76. The van der Waals surface area contributed by atoms with Crippen LogP contribution in [0.4, 0.5) is 19.4 Å². The van der Waals surface area contributed by atoms with Gasteiger partial charge in [0.2, 0.25) is 0 Å². The van der Waals surface area contributed by atoms with Gasteiger partial charge in [0.15, 0.2) is 5.88 Å². The summed E-state index contributed by atoms with van der Waals surface area (Å²) in [5, 5.41) is 9.69. The van der Waals surface area contributed by atoms with Crippen molar-refractivity contribution in [1.82, 2.24) is 4.98 Å². The average molecular weight is 335 g/mol. The van der Waals surface area contributed by atoms with E-state index in [-0.39, 0.29) is 22.3 Å². The van der Waals surface area contributed by atoms with Gasteiger partial charge in [-0.25, -0.2) is 0 Å². The lowest BCUT2D eigenvalue weighted by Gasteiger charge is -2.40. The second kappa shape index (κ2) is 3.75. The van der Waals surface area contributed by atoms with Crippen LogP contribution < -0.4 is 0 Å². The lowest BCUT2D eigenvalue weighted by atomic mass is 10.1. The van der Waals surface area contributed by atoms with Crippen LogP contribution in [0.5, 0.6) is 5.88 Å². The Morgan fingerprint density at radius 3 is 2.23 bits per heavy atom. The summed E-state index contributed by atoms with van der Waals surface area (Å²) in [6.07, 6.45) is 8.18. The number of benzene rings is 1. The van der Waals surface area contributed by atoms with Gasteiger partial charge in [0.05, 0.1) is 0 Å². The summed E-state index contributed by atoms with van der Waals surface area (Å²) in [6.45, 7) is 0. The summed E-state index contributed by atoms with van der Waals surface area (Å²) in [7, 11) is -9.76. The molecule has 0 fully saturated rings. The van der Waals surface area contributed by atoms with Gasteiger partial charge < -0.3 is 10.1 Å². The highest BCUT2D eigenvalue weighted by Gasteiger charge is 2.65. The Morgan fingerprint density at radius 1 is 1.00 bits per heavy atom. The highest BCUT2D eigenvalue weighted by atomic mass is 32.5. The molecule has 0 atom stereocenters. The molecule has 0 amide bonds. The van der Waals surface area contributed by atoms with Gasteiger partial charge in [0.1, 0.15) is 4.90 Å². The van der Waals surface area contributed by atoms with Crippen LogP contribution >= 0.6 is 10.2 Å². The molecule has 8 heteroatoms. The first-order valence-electron chi connectivity index (χ1n) is 6.09. The molecule has 0 aliphatic heterocycles. The zero-order chi connectivity index (χ0) is 16.2. The van der Waals surface area contributed by atoms with Crippen molar-refractivity contribution >= 4 is 27.2 Å². The van der Waals surface area contributed by atoms with Gasteiger partial charge in [-0.05, 0) is 29.8 Å². The fourth-order valence-electron chi connectivity index (χ4n) is 2.22. The monoisotopic (exact) mass is 335 g/mol. The van der Waals surface area contributed by atoms with Crippen LogP contribution in [0.2, 0.25) is 0 Å². The van der Waals surface area contributed by atoms with Crippen molar-refractivity contribution < 1.29 is 24.5 Å². The number of aromatic nitrogens is 1. The highest BCUT2D eigenvalue weighted by molar-refractivity contribution is 8.45. The fraction of sp³-hybridized carbons (Fsp3) is 0. The van der Waals surface area contributed by atoms with Crippen LogP contribution in [0.3, 0.4) is 0 Å². The molecule has 2 nitrogen and oxygen atoms in total. The topological polar surface area (TPSA) is 36.0 Å². The number of hydrogen-bond acceptors (Lipinski definition) is 1. The summed E-state index contributed by atoms with van der Waals surface area (Å²) in [6, 6.07) is 1.55. The minimum Gasteiger partial charge on any atom is -0.494 e. The van der Waals surface area contributed by atoms with Crippen molar-refractivity contribution in [3.63, 3.8) is 0 Å². The third-order valence-electron chi connectivity index (χ3n) is 3.23. The van der Waals surface area contributed by atoms with E-state index in [2.05, 4.69) is 4.98 Å². The Balaban J connectivity index is 2.27. The lowest BCUT2D eigenvalue weighted by molar-refractivity contribution is 0.364. The number of hydrogen-bond donors (Lipinski definition) is 2. The Hall–Kier alpha value is -2.22. The molecule has 0 spiro atoms. The van der Waals surface area contributed by atoms with E-state index in [0.29, 0.717) is 17.7 Å². The summed E-state index contributed by atoms with van der Waals surface area (Å²) in [4.78, 5) is 0.486.